The van der Waals surface area contributed by atoms with Gasteiger partial charge in [0.2, 0.25) is 0 Å². The first-order valence-electron chi connectivity index (χ1n) is 6.35. The molecule has 1 atom stereocenters. The lowest BCUT2D eigenvalue weighted by atomic mass is 9.73. The van der Waals surface area contributed by atoms with Crippen LogP contribution in [-0.4, -0.2) is 29.7 Å². The first-order chi connectivity index (χ1) is 8.42. The molecule has 102 valence electrons. The van der Waals surface area contributed by atoms with E-state index in [9.17, 15) is 9.59 Å². The van der Waals surface area contributed by atoms with Crippen molar-refractivity contribution >= 4 is 12.0 Å². The number of carboxylic acids is 1. The molecular formula is C13H22N2O3. The molecule has 5 heteroatoms. The van der Waals surface area contributed by atoms with Crippen LogP contribution in [0.3, 0.4) is 0 Å². The highest BCUT2D eigenvalue weighted by Crippen LogP contribution is 2.35. The van der Waals surface area contributed by atoms with Gasteiger partial charge in [0, 0.05) is 18.7 Å². The summed E-state index contributed by atoms with van der Waals surface area (Å²) in [6.45, 7) is 4.56. The summed E-state index contributed by atoms with van der Waals surface area (Å²) in [5, 5.41) is 14.0. The third-order valence-corrected chi connectivity index (χ3v) is 3.45. The molecule has 1 saturated carbocycles. The molecule has 5 nitrogen and oxygen atoms in total. The number of hydrogen-bond donors (Lipinski definition) is 3. The zero-order valence-corrected chi connectivity index (χ0v) is 11.0. The van der Waals surface area contributed by atoms with Crippen molar-refractivity contribution in [2.75, 3.05) is 6.54 Å². The number of carboxylic acid groups (broad SMARTS) is 1. The van der Waals surface area contributed by atoms with E-state index >= 15 is 0 Å². The highest BCUT2D eigenvalue weighted by molar-refractivity contribution is 5.80. The van der Waals surface area contributed by atoms with Crippen LogP contribution in [0.4, 0.5) is 4.79 Å². The maximum absolute atomic E-state index is 11.6. The third kappa shape index (κ3) is 4.77. The van der Waals surface area contributed by atoms with E-state index in [-0.39, 0.29) is 24.0 Å². The Balaban J connectivity index is 2.33. The third-order valence-electron chi connectivity index (χ3n) is 3.45. The number of carbonyl (C=O) groups is 2. The topological polar surface area (TPSA) is 78.4 Å². The number of amides is 2. The smallest absolute Gasteiger partial charge is 0.328 e. The average Bonchev–Trinajstić information content (AvgIpc) is 2.27. The van der Waals surface area contributed by atoms with Crippen LogP contribution in [0, 0.1) is 5.41 Å². The number of urea groups is 1. The van der Waals surface area contributed by atoms with Crippen LogP contribution < -0.4 is 10.6 Å². The molecule has 1 rings (SSSR count). The predicted molar refractivity (Wildman–Crippen MR) is 69.3 cm³/mol. The Labute approximate surface area is 108 Å². The molecule has 0 spiro atoms. The molecule has 0 aromatic rings. The zero-order valence-electron chi connectivity index (χ0n) is 11.0. The Bertz CT molecular complexity index is 337. The maximum Gasteiger partial charge on any atom is 0.328 e. The average molecular weight is 254 g/mol. The van der Waals surface area contributed by atoms with E-state index in [0.717, 1.165) is 25.3 Å². The Hall–Kier alpha value is -1.52. The van der Waals surface area contributed by atoms with Gasteiger partial charge >= 0.3 is 12.0 Å². The fraction of sp³-hybridized carbons (Fsp3) is 0.692. The largest absolute Gasteiger partial charge is 0.478 e. The molecule has 3 N–H and O–H groups in total. The quantitative estimate of drug-likeness (QED) is 0.670. The second-order valence-electron chi connectivity index (χ2n) is 5.38. The molecule has 1 aliphatic carbocycles. The van der Waals surface area contributed by atoms with Crippen molar-refractivity contribution in [3.8, 4) is 0 Å². The summed E-state index contributed by atoms with van der Waals surface area (Å²) < 4.78 is 0. The molecule has 0 aromatic carbocycles. The van der Waals surface area contributed by atoms with Crippen LogP contribution in [-0.2, 0) is 4.79 Å². The first kappa shape index (κ1) is 14.5. The SMILES string of the molecule is CC1(C)CCCCC1NC(=O)NC/C=C/C(=O)O. The molecule has 1 fully saturated rings. The maximum atomic E-state index is 11.6. The van der Waals surface area contributed by atoms with Crippen LogP contribution in [0.5, 0.6) is 0 Å². The van der Waals surface area contributed by atoms with E-state index in [1.807, 2.05) is 0 Å². The van der Waals surface area contributed by atoms with Crippen LogP contribution >= 0.6 is 0 Å². The normalized spacial score (nSPS) is 22.7. The molecule has 0 aliphatic heterocycles. The molecule has 0 aromatic heterocycles. The van der Waals surface area contributed by atoms with Gasteiger partial charge in [-0.05, 0) is 18.3 Å². The summed E-state index contributed by atoms with van der Waals surface area (Å²) in [5.41, 5.74) is 0.131. The standard InChI is InChI=1S/C13H22N2O3/c1-13(2)8-4-3-6-10(13)15-12(18)14-9-5-7-11(16)17/h5,7,10H,3-4,6,8-9H2,1-2H3,(H,16,17)(H2,14,15,18)/b7-5+. The highest BCUT2D eigenvalue weighted by Gasteiger charge is 2.32. The second kappa shape index (κ2) is 6.42. The van der Waals surface area contributed by atoms with Gasteiger partial charge in [0.05, 0.1) is 0 Å². The van der Waals surface area contributed by atoms with Gasteiger partial charge in [-0.2, -0.15) is 0 Å². The minimum absolute atomic E-state index is 0.131. The van der Waals surface area contributed by atoms with E-state index < -0.39 is 5.97 Å². The van der Waals surface area contributed by atoms with Crippen LogP contribution in [0.15, 0.2) is 12.2 Å². The Morgan fingerprint density at radius 2 is 2.11 bits per heavy atom. The van der Waals surface area contributed by atoms with E-state index in [1.54, 1.807) is 0 Å². The number of aliphatic carboxylic acids is 1. The van der Waals surface area contributed by atoms with Crippen molar-refractivity contribution in [3.63, 3.8) is 0 Å². The number of hydrogen-bond acceptors (Lipinski definition) is 2. The van der Waals surface area contributed by atoms with E-state index in [0.29, 0.717) is 0 Å². The van der Waals surface area contributed by atoms with Crippen LogP contribution in [0.25, 0.3) is 0 Å². The fourth-order valence-corrected chi connectivity index (χ4v) is 2.28. The Morgan fingerprint density at radius 1 is 1.39 bits per heavy atom. The van der Waals surface area contributed by atoms with E-state index in [1.165, 1.54) is 12.5 Å². The molecule has 1 unspecified atom stereocenters. The first-order valence-corrected chi connectivity index (χ1v) is 6.35. The van der Waals surface area contributed by atoms with Crippen molar-refractivity contribution in [1.82, 2.24) is 10.6 Å². The van der Waals surface area contributed by atoms with Crippen molar-refractivity contribution < 1.29 is 14.7 Å². The van der Waals surface area contributed by atoms with Gasteiger partial charge in [0.1, 0.15) is 0 Å². The molecular weight excluding hydrogens is 232 g/mol. The van der Waals surface area contributed by atoms with Gasteiger partial charge in [-0.25, -0.2) is 9.59 Å². The monoisotopic (exact) mass is 254 g/mol. The summed E-state index contributed by atoms with van der Waals surface area (Å²) in [7, 11) is 0. The lowest BCUT2D eigenvalue weighted by molar-refractivity contribution is -0.131. The van der Waals surface area contributed by atoms with E-state index in [2.05, 4.69) is 24.5 Å². The summed E-state index contributed by atoms with van der Waals surface area (Å²) in [6.07, 6.45) is 6.92. The fourth-order valence-electron chi connectivity index (χ4n) is 2.28. The molecule has 0 radical (unpaired) electrons. The van der Waals surface area contributed by atoms with E-state index in [4.69, 9.17) is 5.11 Å². The second-order valence-corrected chi connectivity index (χ2v) is 5.38. The Morgan fingerprint density at radius 3 is 2.72 bits per heavy atom. The van der Waals surface area contributed by atoms with Crippen LogP contribution in [0.1, 0.15) is 39.5 Å². The van der Waals surface area contributed by atoms with Gasteiger partial charge in [-0.1, -0.05) is 32.8 Å². The van der Waals surface area contributed by atoms with Crippen molar-refractivity contribution in [2.24, 2.45) is 5.41 Å². The van der Waals surface area contributed by atoms with Crippen LogP contribution in [0.2, 0.25) is 0 Å². The van der Waals surface area contributed by atoms with Crippen molar-refractivity contribution in [3.05, 3.63) is 12.2 Å². The molecule has 18 heavy (non-hydrogen) atoms. The van der Waals surface area contributed by atoms with Gasteiger partial charge in [0.25, 0.3) is 0 Å². The van der Waals surface area contributed by atoms with Crippen molar-refractivity contribution in [1.29, 1.82) is 0 Å². The number of carbonyl (C=O) groups excluding carboxylic acids is 1. The Kier molecular flexibility index (Phi) is 5.19. The van der Waals surface area contributed by atoms with Gasteiger partial charge in [-0.15, -0.1) is 0 Å². The predicted octanol–water partition coefficient (Wildman–Crippen LogP) is 1.90. The summed E-state index contributed by atoms with van der Waals surface area (Å²) in [6, 6.07) is -0.0419. The van der Waals surface area contributed by atoms with Crippen molar-refractivity contribution in [2.45, 2.75) is 45.6 Å². The summed E-state index contributed by atoms with van der Waals surface area (Å²) in [5.74, 6) is -1.01. The zero-order chi connectivity index (χ0) is 13.6. The molecule has 0 saturated heterocycles. The lowest BCUT2D eigenvalue weighted by Gasteiger charge is -2.38. The lowest BCUT2D eigenvalue weighted by Crippen LogP contribution is -2.50. The molecule has 1 aliphatic rings. The van der Waals surface area contributed by atoms with Gasteiger partial charge < -0.3 is 15.7 Å². The summed E-state index contributed by atoms with van der Waals surface area (Å²) in [4.78, 5) is 21.9. The minimum atomic E-state index is -1.01. The summed E-state index contributed by atoms with van der Waals surface area (Å²) >= 11 is 0. The van der Waals surface area contributed by atoms with Gasteiger partial charge in [0.15, 0.2) is 0 Å². The number of nitrogens with one attached hydrogen (secondary N) is 2. The highest BCUT2D eigenvalue weighted by atomic mass is 16.4. The molecule has 2 amide bonds. The molecule has 0 heterocycles. The molecule has 0 bridgehead atoms. The van der Waals surface area contributed by atoms with Gasteiger partial charge in [-0.3, -0.25) is 0 Å². The minimum Gasteiger partial charge on any atom is -0.478 e. The number of rotatable bonds is 4.